The third kappa shape index (κ3) is 2.92. The van der Waals surface area contributed by atoms with Crippen LogP contribution in [0.1, 0.15) is 28.2 Å². The predicted octanol–water partition coefficient (Wildman–Crippen LogP) is 4.47. The second-order valence-electron chi connectivity index (χ2n) is 4.47. The van der Waals surface area contributed by atoms with Gasteiger partial charge in [-0.15, -0.1) is 11.3 Å². The SMILES string of the molecule is CC(c1cccs1)N(C)C(=O)c1cc(N)cc(Cl)c1Cl. The maximum atomic E-state index is 12.5. The Kier molecular flexibility index (Phi) is 4.58. The number of halogens is 2. The summed E-state index contributed by atoms with van der Waals surface area (Å²) in [6, 6.07) is 6.99. The zero-order chi connectivity index (χ0) is 14.9. The first-order chi connectivity index (χ1) is 9.41. The number of anilines is 1. The quantitative estimate of drug-likeness (QED) is 0.845. The molecule has 1 heterocycles. The van der Waals surface area contributed by atoms with E-state index in [9.17, 15) is 4.79 Å². The summed E-state index contributed by atoms with van der Waals surface area (Å²) in [4.78, 5) is 15.3. The van der Waals surface area contributed by atoms with Crippen molar-refractivity contribution in [2.75, 3.05) is 12.8 Å². The summed E-state index contributed by atoms with van der Waals surface area (Å²) >= 11 is 13.7. The molecule has 0 spiro atoms. The van der Waals surface area contributed by atoms with Gasteiger partial charge in [0, 0.05) is 17.6 Å². The number of nitrogen functional groups attached to an aromatic ring is 1. The summed E-state index contributed by atoms with van der Waals surface area (Å²) in [5.74, 6) is -0.204. The molecule has 0 saturated heterocycles. The number of thiophene rings is 1. The second-order valence-corrected chi connectivity index (χ2v) is 6.24. The molecule has 0 aliphatic rings. The van der Waals surface area contributed by atoms with Crippen LogP contribution in [-0.4, -0.2) is 17.9 Å². The Bertz CT molecular complexity index is 628. The Hall–Kier alpha value is -1.23. The Labute approximate surface area is 131 Å². The zero-order valence-electron chi connectivity index (χ0n) is 11.1. The first-order valence-electron chi connectivity index (χ1n) is 5.97. The molecule has 1 aromatic carbocycles. The molecule has 106 valence electrons. The molecule has 1 aromatic heterocycles. The van der Waals surface area contributed by atoms with Gasteiger partial charge < -0.3 is 10.6 Å². The number of benzene rings is 1. The fourth-order valence-electron chi connectivity index (χ4n) is 1.85. The van der Waals surface area contributed by atoms with Crippen molar-refractivity contribution in [1.29, 1.82) is 0 Å². The Morgan fingerprint density at radius 3 is 2.70 bits per heavy atom. The Balaban J connectivity index is 2.32. The molecule has 0 aliphatic carbocycles. The lowest BCUT2D eigenvalue weighted by atomic mass is 10.1. The van der Waals surface area contributed by atoms with Gasteiger partial charge in [-0.1, -0.05) is 29.3 Å². The number of amides is 1. The molecule has 0 saturated carbocycles. The second kappa shape index (κ2) is 6.04. The van der Waals surface area contributed by atoms with E-state index >= 15 is 0 Å². The summed E-state index contributed by atoms with van der Waals surface area (Å²) in [5, 5.41) is 2.50. The first kappa shape index (κ1) is 15.2. The number of carbonyl (C=O) groups is 1. The van der Waals surface area contributed by atoms with Gasteiger partial charge >= 0.3 is 0 Å². The van der Waals surface area contributed by atoms with Crippen LogP contribution in [0.2, 0.25) is 10.0 Å². The third-order valence-electron chi connectivity index (χ3n) is 3.14. The molecular weight excluding hydrogens is 315 g/mol. The molecule has 20 heavy (non-hydrogen) atoms. The molecule has 2 N–H and O–H groups in total. The van der Waals surface area contributed by atoms with Crippen LogP contribution < -0.4 is 5.73 Å². The molecule has 6 heteroatoms. The summed E-state index contributed by atoms with van der Waals surface area (Å²) in [5.41, 5.74) is 6.46. The molecule has 0 bridgehead atoms. The van der Waals surface area contributed by atoms with E-state index in [1.165, 1.54) is 6.07 Å². The molecule has 1 unspecified atom stereocenters. The highest BCUT2D eigenvalue weighted by Gasteiger charge is 2.22. The average Bonchev–Trinajstić information content (AvgIpc) is 2.94. The number of nitrogens with zero attached hydrogens (tertiary/aromatic N) is 1. The minimum Gasteiger partial charge on any atom is -0.399 e. The fourth-order valence-corrected chi connectivity index (χ4v) is 3.10. The Morgan fingerprint density at radius 2 is 2.10 bits per heavy atom. The largest absolute Gasteiger partial charge is 0.399 e. The van der Waals surface area contributed by atoms with Crippen LogP contribution >= 0.6 is 34.5 Å². The van der Waals surface area contributed by atoms with Crippen molar-refractivity contribution in [2.45, 2.75) is 13.0 Å². The monoisotopic (exact) mass is 328 g/mol. The molecule has 3 nitrogen and oxygen atoms in total. The van der Waals surface area contributed by atoms with E-state index in [4.69, 9.17) is 28.9 Å². The van der Waals surface area contributed by atoms with Crippen molar-refractivity contribution in [3.8, 4) is 0 Å². The highest BCUT2D eigenvalue weighted by molar-refractivity contribution is 7.10. The van der Waals surface area contributed by atoms with Crippen LogP contribution in [0.4, 0.5) is 5.69 Å². The zero-order valence-corrected chi connectivity index (χ0v) is 13.4. The number of nitrogens with two attached hydrogens (primary N) is 1. The van der Waals surface area contributed by atoms with E-state index < -0.39 is 0 Å². The van der Waals surface area contributed by atoms with Gasteiger partial charge in [0.1, 0.15) is 0 Å². The van der Waals surface area contributed by atoms with Gasteiger partial charge in [0.2, 0.25) is 0 Å². The lowest BCUT2D eigenvalue weighted by molar-refractivity contribution is 0.0745. The molecular formula is C14H14Cl2N2OS. The minimum absolute atomic E-state index is 0.0428. The number of rotatable bonds is 3. The average molecular weight is 329 g/mol. The van der Waals surface area contributed by atoms with Gasteiger partial charge in [-0.25, -0.2) is 0 Å². The van der Waals surface area contributed by atoms with Gasteiger partial charge in [0.15, 0.2) is 0 Å². The van der Waals surface area contributed by atoms with E-state index in [1.807, 2.05) is 24.4 Å². The predicted molar refractivity (Wildman–Crippen MR) is 85.7 cm³/mol. The summed E-state index contributed by atoms with van der Waals surface area (Å²) in [6.07, 6.45) is 0. The van der Waals surface area contributed by atoms with Gasteiger partial charge in [0.25, 0.3) is 5.91 Å². The highest BCUT2D eigenvalue weighted by Crippen LogP contribution is 2.31. The number of carbonyl (C=O) groups excluding carboxylic acids is 1. The topological polar surface area (TPSA) is 46.3 Å². The van der Waals surface area contributed by atoms with E-state index in [0.717, 1.165) is 4.88 Å². The lowest BCUT2D eigenvalue weighted by Crippen LogP contribution is -2.29. The minimum atomic E-state index is -0.204. The van der Waals surface area contributed by atoms with E-state index in [2.05, 4.69) is 0 Å². The van der Waals surface area contributed by atoms with Crippen molar-refractivity contribution in [1.82, 2.24) is 4.90 Å². The summed E-state index contributed by atoms with van der Waals surface area (Å²) in [6.45, 7) is 1.96. The number of hydrogen-bond acceptors (Lipinski definition) is 3. The van der Waals surface area contributed by atoms with Gasteiger partial charge in [-0.3, -0.25) is 4.79 Å². The van der Waals surface area contributed by atoms with E-state index in [1.54, 1.807) is 29.4 Å². The van der Waals surface area contributed by atoms with Crippen molar-refractivity contribution < 1.29 is 4.79 Å². The smallest absolute Gasteiger partial charge is 0.255 e. The van der Waals surface area contributed by atoms with E-state index in [-0.39, 0.29) is 22.0 Å². The van der Waals surface area contributed by atoms with Gasteiger partial charge in [-0.05, 0) is 30.5 Å². The van der Waals surface area contributed by atoms with Crippen molar-refractivity contribution in [2.24, 2.45) is 0 Å². The lowest BCUT2D eigenvalue weighted by Gasteiger charge is -2.25. The van der Waals surface area contributed by atoms with Crippen LogP contribution in [0.5, 0.6) is 0 Å². The van der Waals surface area contributed by atoms with Crippen LogP contribution in [-0.2, 0) is 0 Å². The fraction of sp³-hybridized carbons (Fsp3) is 0.214. The maximum absolute atomic E-state index is 12.5. The normalized spacial score (nSPS) is 12.2. The van der Waals surface area contributed by atoms with Crippen molar-refractivity contribution in [3.05, 3.63) is 50.1 Å². The summed E-state index contributed by atoms with van der Waals surface area (Å²) < 4.78 is 0. The molecule has 0 radical (unpaired) electrons. The van der Waals surface area contributed by atoms with Crippen molar-refractivity contribution in [3.63, 3.8) is 0 Å². The first-order valence-corrected chi connectivity index (χ1v) is 7.60. The molecule has 2 aromatic rings. The van der Waals surface area contributed by atoms with Crippen LogP contribution in [0.3, 0.4) is 0 Å². The Morgan fingerprint density at radius 1 is 1.40 bits per heavy atom. The third-order valence-corrected chi connectivity index (χ3v) is 4.98. The highest BCUT2D eigenvalue weighted by atomic mass is 35.5. The van der Waals surface area contributed by atoms with Crippen molar-refractivity contribution >= 4 is 46.1 Å². The standard InChI is InChI=1S/C14H14Cl2N2OS/c1-8(12-4-3-5-20-12)18(2)14(19)10-6-9(17)7-11(15)13(10)16/h3-8H,17H2,1-2H3. The molecule has 2 rings (SSSR count). The van der Waals surface area contributed by atoms with Crippen LogP contribution in [0.25, 0.3) is 0 Å². The van der Waals surface area contributed by atoms with Crippen LogP contribution in [0, 0.1) is 0 Å². The molecule has 0 fully saturated rings. The maximum Gasteiger partial charge on any atom is 0.255 e. The van der Waals surface area contributed by atoms with Crippen LogP contribution in [0.15, 0.2) is 29.6 Å². The summed E-state index contributed by atoms with van der Waals surface area (Å²) in [7, 11) is 1.74. The molecule has 1 amide bonds. The van der Waals surface area contributed by atoms with Gasteiger partial charge in [-0.2, -0.15) is 0 Å². The van der Waals surface area contributed by atoms with E-state index in [0.29, 0.717) is 11.3 Å². The molecule has 0 aliphatic heterocycles. The molecule has 1 atom stereocenters. The van der Waals surface area contributed by atoms with Gasteiger partial charge in [0.05, 0.1) is 21.7 Å². The number of hydrogen-bond donors (Lipinski definition) is 1.